The molecule has 0 spiro atoms. The van der Waals surface area contributed by atoms with Crippen LogP contribution in [0.25, 0.3) is 11.1 Å². The zero-order chi connectivity index (χ0) is 24.2. The van der Waals surface area contributed by atoms with Crippen LogP contribution < -0.4 is 0 Å². The minimum Gasteiger partial charge on any atom is -0.336 e. The minimum atomic E-state index is 0.140. The van der Waals surface area contributed by atoms with Gasteiger partial charge < -0.3 is 4.90 Å². The minimum absolute atomic E-state index is 0.140. The van der Waals surface area contributed by atoms with Gasteiger partial charge in [-0.15, -0.1) is 0 Å². The van der Waals surface area contributed by atoms with Gasteiger partial charge in [0.2, 0.25) is 0 Å². The number of amides is 1. The molecule has 1 heterocycles. The molecule has 0 N–H and O–H groups in total. The van der Waals surface area contributed by atoms with Crippen LogP contribution in [0.2, 0.25) is 0 Å². The van der Waals surface area contributed by atoms with Gasteiger partial charge in [-0.25, -0.2) is 0 Å². The van der Waals surface area contributed by atoms with E-state index in [9.17, 15) is 4.79 Å². The molecule has 1 fully saturated rings. The smallest absolute Gasteiger partial charge is 0.254 e. The summed E-state index contributed by atoms with van der Waals surface area (Å²) < 4.78 is 0. The molecular formula is C32H32N2O. The summed E-state index contributed by atoms with van der Waals surface area (Å²) in [6.07, 6.45) is 0. The highest BCUT2D eigenvalue weighted by Crippen LogP contribution is 2.32. The van der Waals surface area contributed by atoms with E-state index in [4.69, 9.17) is 0 Å². The lowest BCUT2D eigenvalue weighted by Crippen LogP contribution is -2.50. The van der Waals surface area contributed by atoms with Crippen molar-refractivity contribution in [2.75, 3.05) is 26.2 Å². The van der Waals surface area contributed by atoms with Crippen molar-refractivity contribution in [3.63, 3.8) is 0 Å². The molecule has 0 radical (unpaired) electrons. The first-order valence-electron chi connectivity index (χ1n) is 12.4. The summed E-state index contributed by atoms with van der Waals surface area (Å²) in [7, 11) is 0. The molecule has 1 amide bonds. The maximum atomic E-state index is 13.9. The predicted molar refractivity (Wildman–Crippen MR) is 144 cm³/mol. The van der Waals surface area contributed by atoms with Crippen molar-refractivity contribution in [2.24, 2.45) is 0 Å². The highest BCUT2D eigenvalue weighted by atomic mass is 16.2. The third-order valence-electron chi connectivity index (χ3n) is 7.23. The topological polar surface area (TPSA) is 23.6 Å². The first-order valence-corrected chi connectivity index (χ1v) is 12.4. The lowest BCUT2D eigenvalue weighted by atomic mass is 9.92. The zero-order valence-electron chi connectivity index (χ0n) is 20.5. The van der Waals surface area contributed by atoms with Gasteiger partial charge in [0, 0.05) is 26.2 Å². The van der Waals surface area contributed by atoms with Crippen molar-refractivity contribution in [2.45, 2.75) is 19.9 Å². The van der Waals surface area contributed by atoms with E-state index >= 15 is 0 Å². The number of hydrogen-bond acceptors (Lipinski definition) is 2. The highest BCUT2D eigenvalue weighted by molar-refractivity contribution is 6.02. The van der Waals surface area contributed by atoms with Gasteiger partial charge in [-0.1, -0.05) is 103 Å². The second kappa shape index (κ2) is 10.3. The summed E-state index contributed by atoms with van der Waals surface area (Å²) in [6.45, 7) is 7.28. The second-order valence-corrected chi connectivity index (χ2v) is 9.35. The van der Waals surface area contributed by atoms with Crippen LogP contribution in [-0.4, -0.2) is 41.9 Å². The molecule has 1 aliphatic rings. The molecule has 0 saturated carbocycles. The van der Waals surface area contributed by atoms with Crippen LogP contribution in [0.1, 0.15) is 38.7 Å². The van der Waals surface area contributed by atoms with Crippen LogP contribution in [0.4, 0.5) is 0 Å². The monoisotopic (exact) mass is 460 g/mol. The first-order chi connectivity index (χ1) is 17.1. The van der Waals surface area contributed by atoms with Crippen LogP contribution in [0.3, 0.4) is 0 Å². The standard InChI is InChI=1S/C32H32N2O/c1-24-18-19-29(26-12-6-3-7-13-26)30(25(24)2)32(35)34-22-20-33(21-23-34)31(27-14-8-4-9-15-27)28-16-10-5-11-17-28/h3-19,31H,20-23H2,1-2H3. The van der Waals surface area contributed by atoms with E-state index in [1.54, 1.807) is 0 Å². The average Bonchev–Trinajstić information content (AvgIpc) is 2.92. The Labute approximate surface area is 208 Å². The predicted octanol–water partition coefficient (Wildman–Crippen LogP) is 6.52. The molecule has 0 atom stereocenters. The normalized spacial score (nSPS) is 14.3. The van der Waals surface area contributed by atoms with Crippen molar-refractivity contribution in [3.8, 4) is 11.1 Å². The number of carbonyl (C=O) groups excluding carboxylic acids is 1. The Morgan fingerprint density at radius 1 is 0.657 bits per heavy atom. The fourth-order valence-corrected chi connectivity index (χ4v) is 5.18. The number of aryl methyl sites for hydroxylation is 1. The molecule has 0 aromatic heterocycles. The van der Waals surface area contributed by atoms with Crippen molar-refractivity contribution in [3.05, 3.63) is 131 Å². The number of carbonyl (C=O) groups is 1. The fourth-order valence-electron chi connectivity index (χ4n) is 5.18. The van der Waals surface area contributed by atoms with E-state index in [1.165, 1.54) is 11.1 Å². The maximum Gasteiger partial charge on any atom is 0.254 e. The molecule has 1 aliphatic heterocycles. The number of benzene rings is 4. The Kier molecular flexibility index (Phi) is 6.78. The third-order valence-corrected chi connectivity index (χ3v) is 7.23. The van der Waals surface area contributed by atoms with E-state index in [0.717, 1.165) is 54.0 Å². The van der Waals surface area contributed by atoms with Gasteiger partial charge in [0.1, 0.15) is 0 Å². The Morgan fingerprint density at radius 3 is 1.71 bits per heavy atom. The summed E-state index contributed by atoms with van der Waals surface area (Å²) in [5.74, 6) is 0.140. The van der Waals surface area contributed by atoms with Crippen LogP contribution in [0.5, 0.6) is 0 Å². The van der Waals surface area contributed by atoms with Gasteiger partial charge in [-0.05, 0) is 47.2 Å². The van der Waals surface area contributed by atoms with Gasteiger partial charge in [-0.3, -0.25) is 9.69 Å². The molecular weight excluding hydrogens is 428 g/mol. The SMILES string of the molecule is Cc1ccc(-c2ccccc2)c(C(=O)N2CCN(C(c3ccccc3)c3ccccc3)CC2)c1C. The summed E-state index contributed by atoms with van der Waals surface area (Å²) in [5, 5.41) is 0. The number of hydrogen-bond donors (Lipinski definition) is 0. The van der Waals surface area contributed by atoms with Crippen molar-refractivity contribution in [1.82, 2.24) is 9.80 Å². The lowest BCUT2D eigenvalue weighted by Gasteiger charge is -2.40. The molecule has 4 aromatic rings. The van der Waals surface area contributed by atoms with Crippen molar-refractivity contribution in [1.29, 1.82) is 0 Å². The molecule has 35 heavy (non-hydrogen) atoms. The molecule has 4 aromatic carbocycles. The molecule has 5 rings (SSSR count). The Balaban J connectivity index is 1.40. The first kappa shape index (κ1) is 23.1. The Morgan fingerprint density at radius 2 is 1.17 bits per heavy atom. The second-order valence-electron chi connectivity index (χ2n) is 9.35. The zero-order valence-corrected chi connectivity index (χ0v) is 20.5. The van der Waals surface area contributed by atoms with Crippen LogP contribution in [0, 0.1) is 13.8 Å². The lowest BCUT2D eigenvalue weighted by molar-refractivity contribution is 0.0597. The molecule has 3 heteroatoms. The molecule has 0 unspecified atom stereocenters. The van der Waals surface area contributed by atoms with E-state index < -0.39 is 0 Å². The maximum absolute atomic E-state index is 13.9. The Hall–Kier alpha value is -3.69. The van der Waals surface area contributed by atoms with Gasteiger partial charge in [0.15, 0.2) is 0 Å². The van der Waals surface area contributed by atoms with E-state index in [2.05, 4.69) is 104 Å². The number of nitrogens with zero attached hydrogens (tertiary/aromatic N) is 2. The molecule has 3 nitrogen and oxygen atoms in total. The van der Waals surface area contributed by atoms with Crippen LogP contribution in [-0.2, 0) is 0 Å². The van der Waals surface area contributed by atoms with E-state index in [-0.39, 0.29) is 11.9 Å². The largest absolute Gasteiger partial charge is 0.336 e. The summed E-state index contributed by atoms with van der Waals surface area (Å²) in [4.78, 5) is 18.4. The summed E-state index contributed by atoms with van der Waals surface area (Å²) in [5.41, 5.74) is 7.76. The van der Waals surface area contributed by atoms with Crippen LogP contribution in [0.15, 0.2) is 103 Å². The summed E-state index contributed by atoms with van der Waals surface area (Å²) >= 11 is 0. The van der Waals surface area contributed by atoms with Gasteiger partial charge in [0.05, 0.1) is 11.6 Å². The molecule has 0 aliphatic carbocycles. The third kappa shape index (κ3) is 4.78. The quantitative estimate of drug-likeness (QED) is 0.339. The number of piperazine rings is 1. The van der Waals surface area contributed by atoms with Crippen LogP contribution >= 0.6 is 0 Å². The van der Waals surface area contributed by atoms with E-state index in [1.807, 2.05) is 23.1 Å². The fraction of sp³-hybridized carbons (Fsp3) is 0.219. The van der Waals surface area contributed by atoms with Gasteiger partial charge >= 0.3 is 0 Å². The van der Waals surface area contributed by atoms with Crippen molar-refractivity contribution >= 4 is 5.91 Å². The molecule has 0 bridgehead atoms. The highest BCUT2D eigenvalue weighted by Gasteiger charge is 2.30. The molecule has 176 valence electrons. The average molecular weight is 461 g/mol. The van der Waals surface area contributed by atoms with Gasteiger partial charge in [-0.2, -0.15) is 0 Å². The Bertz CT molecular complexity index is 1240. The van der Waals surface area contributed by atoms with Crippen molar-refractivity contribution < 1.29 is 4.79 Å². The van der Waals surface area contributed by atoms with Gasteiger partial charge in [0.25, 0.3) is 5.91 Å². The molecule has 1 saturated heterocycles. The number of rotatable bonds is 5. The van der Waals surface area contributed by atoms with E-state index in [0.29, 0.717) is 0 Å². The summed E-state index contributed by atoms with van der Waals surface area (Å²) in [6, 6.07) is 36.1.